The average Bonchev–Trinajstić information content (AvgIpc) is 3.28. The number of halogens is 1. The molecule has 1 N–H and O–H groups in total. The van der Waals surface area contributed by atoms with Crippen LogP contribution in [0, 0.1) is 5.82 Å². The first-order chi connectivity index (χ1) is 17.9. The summed E-state index contributed by atoms with van der Waals surface area (Å²) >= 11 is 0. The molecule has 2 unspecified atom stereocenters. The smallest absolute Gasteiger partial charge is 0.414 e. The van der Waals surface area contributed by atoms with Crippen molar-refractivity contribution in [1.29, 1.82) is 0 Å². The number of methoxy groups -OCH3 is 1. The van der Waals surface area contributed by atoms with Crippen LogP contribution < -0.4 is 9.64 Å². The summed E-state index contributed by atoms with van der Waals surface area (Å²) in [6.45, 7) is 8.63. The minimum Gasteiger partial charge on any atom is -0.496 e. The summed E-state index contributed by atoms with van der Waals surface area (Å²) in [5, 5.41) is 22.4. The third kappa shape index (κ3) is 8.14. The van der Waals surface area contributed by atoms with E-state index in [1.54, 1.807) is 49.3 Å². The van der Waals surface area contributed by atoms with Gasteiger partial charge in [-0.25, -0.2) is 9.18 Å². The van der Waals surface area contributed by atoms with Gasteiger partial charge in [0.1, 0.15) is 23.8 Å². The van der Waals surface area contributed by atoms with Crippen molar-refractivity contribution < 1.29 is 28.6 Å². The number of likely N-dealkylation sites (N-methyl/N-ethyl adjacent to an activating group) is 1. The Hall–Kier alpha value is -3.73. The summed E-state index contributed by atoms with van der Waals surface area (Å²) < 4.78 is 25.9. The fourth-order valence-electron chi connectivity index (χ4n) is 3.45. The van der Waals surface area contributed by atoms with Crippen LogP contribution >= 0.6 is 0 Å². The van der Waals surface area contributed by atoms with Crippen molar-refractivity contribution in [3.05, 3.63) is 47.8 Å². The molecule has 2 aromatic carbocycles. The third-order valence-electron chi connectivity index (χ3n) is 5.20. The molecule has 11 heteroatoms. The maximum absolute atomic E-state index is 15.1. The largest absolute Gasteiger partial charge is 0.496 e. The third-order valence-corrected chi connectivity index (χ3v) is 5.20. The van der Waals surface area contributed by atoms with Gasteiger partial charge >= 0.3 is 6.09 Å². The van der Waals surface area contributed by atoms with E-state index in [-0.39, 0.29) is 13.2 Å². The van der Waals surface area contributed by atoms with Crippen LogP contribution in [0.3, 0.4) is 0 Å². The van der Waals surface area contributed by atoms with Gasteiger partial charge in [-0.05, 0) is 49.7 Å². The number of cyclic esters (lactones) is 1. The molecule has 1 saturated heterocycles. The Morgan fingerprint density at radius 3 is 2.70 bits per heavy atom. The predicted octanol–water partition coefficient (Wildman–Crippen LogP) is 4.90. The van der Waals surface area contributed by atoms with Gasteiger partial charge in [0, 0.05) is 18.2 Å². The first-order valence-electron chi connectivity index (χ1n) is 12.2. The number of nitrogens with zero attached hydrogens (tertiary/aromatic N) is 5. The van der Waals surface area contributed by atoms with Gasteiger partial charge < -0.3 is 19.4 Å². The van der Waals surface area contributed by atoms with Gasteiger partial charge in [-0.2, -0.15) is 5.11 Å². The highest BCUT2D eigenvalue weighted by Crippen LogP contribution is 2.32. The highest BCUT2D eigenvalue weighted by Gasteiger charge is 2.33. The minimum absolute atomic E-state index is 0.152. The second-order valence-corrected chi connectivity index (χ2v) is 7.96. The lowest BCUT2D eigenvalue weighted by Gasteiger charge is -2.16. The number of hydrogen-bond donors (Lipinski definition) is 1. The molecule has 1 aliphatic heterocycles. The molecular formula is C26H36FN5O5. The molecule has 1 amide bonds. The summed E-state index contributed by atoms with van der Waals surface area (Å²) in [7, 11) is 3.25. The summed E-state index contributed by atoms with van der Waals surface area (Å²) in [4.78, 5) is 18.9. The fourth-order valence-corrected chi connectivity index (χ4v) is 3.45. The van der Waals surface area contributed by atoms with E-state index in [1.807, 2.05) is 20.8 Å². The summed E-state index contributed by atoms with van der Waals surface area (Å²) in [5.74, 6) is -0.0125. The maximum Gasteiger partial charge on any atom is 0.414 e. The van der Waals surface area contributed by atoms with Gasteiger partial charge in [-0.15, -0.1) is 0 Å². The molecule has 0 aromatic heterocycles. The molecule has 1 aliphatic rings. The Kier molecular flexibility index (Phi) is 11.8. The van der Waals surface area contributed by atoms with E-state index < -0.39 is 24.1 Å². The van der Waals surface area contributed by atoms with Crippen molar-refractivity contribution in [2.75, 3.05) is 45.3 Å². The molecule has 3 rings (SSSR count). The van der Waals surface area contributed by atoms with E-state index in [0.29, 0.717) is 41.2 Å². The van der Waals surface area contributed by atoms with Crippen molar-refractivity contribution in [1.82, 2.24) is 5.01 Å². The standard InChI is InChI=1S/C24H30FN5O5.C2H6/c1-5-26-28-29(3)13-20-14-30(24(32)34-20)19-8-9-21(22(25)11-19)17-6-7-18(23(10-17)33-4)12-27-35-16(2)15-31;1-2/h6-12,16,20,31H,5,13-15H2,1-4H3;1-2H3/b27-12+,28-26?;. The van der Waals surface area contributed by atoms with Crippen LogP contribution in [0.25, 0.3) is 11.1 Å². The van der Waals surface area contributed by atoms with Crippen LogP contribution in [-0.4, -0.2) is 75.0 Å². The number of benzene rings is 2. The number of ether oxygens (including phenoxy) is 2. The van der Waals surface area contributed by atoms with Crippen molar-refractivity contribution in [3.63, 3.8) is 0 Å². The number of hydrogen-bond acceptors (Lipinski definition) is 8. The first kappa shape index (κ1) is 29.5. The highest BCUT2D eigenvalue weighted by molar-refractivity contribution is 5.90. The van der Waals surface area contributed by atoms with Crippen LogP contribution in [0.2, 0.25) is 0 Å². The lowest BCUT2D eigenvalue weighted by Crippen LogP contribution is -2.29. The number of carbonyl (C=O) groups excluding carboxylic acids is 1. The Morgan fingerprint density at radius 1 is 1.30 bits per heavy atom. The molecule has 1 fully saturated rings. The normalized spacial score (nSPS) is 15.9. The van der Waals surface area contributed by atoms with Gasteiger partial charge in [-0.1, -0.05) is 30.3 Å². The quantitative estimate of drug-likeness (QED) is 0.258. The number of anilines is 1. The molecule has 1 heterocycles. The van der Waals surface area contributed by atoms with Crippen LogP contribution in [0.4, 0.5) is 14.9 Å². The van der Waals surface area contributed by atoms with Crippen molar-refractivity contribution in [2.45, 2.75) is 39.9 Å². The van der Waals surface area contributed by atoms with E-state index in [1.165, 1.54) is 24.3 Å². The van der Waals surface area contributed by atoms with Gasteiger partial charge in [0.15, 0.2) is 0 Å². The van der Waals surface area contributed by atoms with Crippen LogP contribution in [-0.2, 0) is 9.57 Å². The van der Waals surface area contributed by atoms with Gasteiger partial charge in [0.25, 0.3) is 0 Å². The average molecular weight is 518 g/mol. The lowest BCUT2D eigenvalue weighted by atomic mass is 10.0. The molecule has 2 aromatic rings. The SMILES string of the molecule is CC.CCN=NN(C)CC1CN(c2ccc(-c3ccc(/C=N/OC(C)CO)c(OC)c3)c(F)c2)C(=O)O1. The molecule has 0 bridgehead atoms. The zero-order valence-corrected chi connectivity index (χ0v) is 22.2. The van der Waals surface area contributed by atoms with Crippen molar-refractivity contribution >= 4 is 18.0 Å². The van der Waals surface area contributed by atoms with E-state index in [0.717, 1.165) is 0 Å². The lowest BCUT2D eigenvalue weighted by molar-refractivity contribution is 0.0299. The molecular weight excluding hydrogens is 481 g/mol. The van der Waals surface area contributed by atoms with Crippen molar-refractivity contribution in [2.24, 2.45) is 15.5 Å². The van der Waals surface area contributed by atoms with Crippen LogP contribution in [0.1, 0.15) is 33.3 Å². The van der Waals surface area contributed by atoms with Crippen LogP contribution in [0.5, 0.6) is 5.75 Å². The molecule has 10 nitrogen and oxygen atoms in total. The number of carbonyl (C=O) groups is 1. The number of oxime groups is 1. The van der Waals surface area contributed by atoms with Gasteiger partial charge in [0.2, 0.25) is 0 Å². The van der Waals surface area contributed by atoms with Crippen LogP contribution in [0.15, 0.2) is 51.9 Å². The molecule has 202 valence electrons. The minimum atomic E-state index is -0.536. The topological polar surface area (TPSA) is 109 Å². The molecule has 2 atom stereocenters. The second-order valence-electron chi connectivity index (χ2n) is 7.96. The van der Waals surface area contributed by atoms with Gasteiger partial charge in [0.05, 0.1) is 45.3 Å². The zero-order chi connectivity index (χ0) is 27.4. The number of rotatable bonds is 11. The van der Waals surface area contributed by atoms with E-state index in [4.69, 9.17) is 19.4 Å². The Bertz CT molecular complexity index is 1080. The second kappa shape index (κ2) is 14.7. The highest BCUT2D eigenvalue weighted by atomic mass is 19.1. The number of aliphatic hydroxyl groups excluding tert-OH is 1. The first-order valence-corrected chi connectivity index (χ1v) is 12.2. The molecule has 0 saturated carbocycles. The summed E-state index contributed by atoms with van der Waals surface area (Å²) in [6, 6.07) is 9.75. The number of aliphatic hydroxyl groups is 1. The predicted molar refractivity (Wildman–Crippen MR) is 141 cm³/mol. The monoisotopic (exact) mass is 517 g/mol. The maximum atomic E-state index is 15.1. The van der Waals surface area contributed by atoms with Gasteiger partial charge in [-0.3, -0.25) is 9.91 Å². The van der Waals surface area contributed by atoms with E-state index >= 15 is 4.39 Å². The van der Waals surface area contributed by atoms with E-state index in [9.17, 15) is 4.79 Å². The Balaban J connectivity index is 0.00000235. The Labute approximate surface area is 217 Å². The van der Waals surface area contributed by atoms with E-state index in [2.05, 4.69) is 15.5 Å². The zero-order valence-electron chi connectivity index (χ0n) is 22.2. The summed E-state index contributed by atoms with van der Waals surface area (Å²) in [5.41, 5.74) is 1.98. The Morgan fingerprint density at radius 2 is 2.05 bits per heavy atom. The number of amides is 1. The molecule has 0 aliphatic carbocycles. The fraction of sp³-hybridized carbons (Fsp3) is 0.462. The molecule has 37 heavy (non-hydrogen) atoms. The molecule has 0 radical (unpaired) electrons. The summed E-state index contributed by atoms with van der Waals surface area (Å²) in [6.07, 6.45) is 0.0877. The molecule has 0 spiro atoms. The van der Waals surface area contributed by atoms with Crippen molar-refractivity contribution in [3.8, 4) is 16.9 Å².